The third-order valence-electron chi connectivity index (χ3n) is 2.00. The molecule has 16 heavy (non-hydrogen) atoms. The standard InChI is InChI=1S/C10H14N2O4/c1-7(6-16-2)11-9-4-3-8(13)5-10(9)12(14)15/h3-5,7,11,13H,6H2,1-2H3. The predicted molar refractivity (Wildman–Crippen MR) is 59.7 cm³/mol. The van der Waals surface area contributed by atoms with Crippen molar-refractivity contribution < 1.29 is 14.8 Å². The lowest BCUT2D eigenvalue weighted by Gasteiger charge is -2.14. The van der Waals surface area contributed by atoms with Gasteiger partial charge < -0.3 is 15.2 Å². The van der Waals surface area contributed by atoms with Gasteiger partial charge in [-0.2, -0.15) is 0 Å². The molecule has 88 valence electrons. The Morgan fingerprint density at radius 2 is 2.31 bits per heavy atom. The van der Waals surface area contributed by atoms with Crippen molar-refractivity contribution in [1.29, 1.82) is 0 Å². The van der Waals surface area contributed by atoms with Crippen LogP contribution < -0.4 is 5.32 Å². The number of nitrogens with one attached hydrogen (secondary N) is 1. The van der Waals surface area contributed by atoms with Crippen LogP contribution in [0.3, 0.4) is 0 Å². The Kier molecular flexibility index (Phi) is 4.07. The second kappa shape index (κ2) is 5.32. The third-order valence-corrected chi connectivity index (χ3v) is 2.00. The number of phenols is 1. The van der Waals surface area contributed by atoms with E-state index in [0.29, 0.717) is 12.3 Å². The summed E-state index contributed by atoms with van der Waals surface area (Å²) in [5.74, 6) is -0.128. The van der Waals surface area contributed by atoms with Gasteiger partial charge in [0.1, 0.15) is 11.4 Å². The summed E-state index contributed by atoms with van der Waals surface area (Å²) < 4.78 is 4.92. The molecule has 0 aliphatic rings. The second-order valence-corrected chi connectivity index (χ2v) is 3.46. The lowest BCUT2D eigenvalue weighted by atomic mass is 10.2. The number of nitro benzene ring substituents is 1. The van der Waals surface area contributed by atoms with Crippen LogP contribution >= 0.6 is 0 Å². The van der Waals surface area contributed by atoms with Crippen molar-refractivity contribution in [2.75, 3.05) is 19.0 Å². The average molecular weight is 226 g/mol. The van der Waals surface area contributed by atoms with Crippen molar-refractivity contribution in [1.82, 2.24) is 0 Å². The van der Waals surface area contributed by atoms with Crippen LogP contribution in [0.25, 0.3) is 0 Å². The number of rotatable bonds is 5. The number of nitrogens with zero attached hydrogens (tertiary/aromatic N) is 1. The molecule has 6 nitrogen and oxygen atoms in total. The molecule has 0 saturated carbocycles. The molecule has 0 amide bonds. The van der Waals surface area contributed by atoms with Gasteiger partial charge in [-0.1, -0.05) is 0 Å². The summed E-state index contributed by atoms with van der Waals surface area (Å²) in [6, 6.07) is 3.93. The molecule has 0 radical (unpaired) electrons. The van der Waals surface area contributed by atoms with Crippen LogP contribution in [0, 0.1) is 10.1 Å². The molecule has 1 aromatic carbocycles. The van der Waals surface area contributed by atoms with E-state index in [1.54, 1.807) is 7.11 Å². The first kappa shape index (κ1) is 12.3. The summed E-state index contributed by atoms with van der Waals surface area (Å²) in [4.78, 5) is 10.2. The fraction of sp³-hybridized carbons (Fsp3) is 0.400. The van der Waals surface area contributed by atoms with Gasteiger partial charge in [0.05, 0.1) is 17.6 Å². The summed E-state index contributed by atoms with van der Waals surface area (Å²) in [6.45, 7) is 2.29. The average Bonchev–Trinajstić information content (AvgIpc) is 2.20. The van der Waals surface area contributed by atoms with Gasteiger partial charge in [0, 0.05) is 13.2 Å². The van der Waals surface area contributed by atoms with Crippen LogP contribution in [0.4, 0.5) is 11.4 Å². The Balaban J connectivity index is 2.90. The van der Waals surface area contributed by atoms with E-state index >= 15 is 0 Å². The van der Waals surface area contributed by atoms with Gasteiger partial charge in [-0.3, -0.25) is 10.1 Å². The van der Waals surface area contributed by atoms with E-state index in [1.807, 2.05) is 6.92 Å². The van der Waals surface area contributed by atoms with Crippen molar-refractivity contribution in [3.8, 4) is 5.75 Å². The van der Waals surface area contributed by atoms with Crippen LogP contribution in [0.2, 0.25) is 0 Å². The number of hydrogen-bond donors (Lipinski definition) is 2. The number of nitro groups is 1. The van der Waals surface area contributed by atoms with Crippen molar-refractivity contribution in [3.63, 3.8) is 0 Å². The topological polar surface area (TPSA) is 84.6 Å². The zero-order valence-electron chi connectivity index (χ0n) is 9.14. The number of aromatic hydroxyl groups is 1. The van der Waals surface area contributed by atoms with Crippen molar-refractivity contribution in [2.45, 2.75) is 13.0 Å². The van der Waals surface area contributed by atoms with Gasteiger partial charge in [-0.15, -0.1) is 0 Å². The summed E-state index contributed by atoms with van der Waals surface area (Å²) >= 11 is 0. The van der Waals surface area contributed by atoms with Crippen molar-refractivity contribution in [3.05, 3.63) is 28.3 Å². The molecular weight excluding hydrogens is 212 g/mol. The van der Waals surface area contributed by atoms with Gasteiger partial charge >= 0.3 is 0 Å². The summed E-state index contributed by atoms with van der Waals surface area (Å²) in [6.07, 6.45) is 0. The Bertz CT molecular complexity index is 381. The fourth-order valence-electron chi connectivity index (χ4n) is 1.35. The molecule has 0 aliphatic heterocycles. The highest BCUT2D eigenvalue weighted by Crippen LogP contribution is 2.28. The maximum Gasteiger partial charge on any atom is 0.296 e. The first-order valence-corrected chi connectivity index (χ1v) is 4.77. The predicted octanol–water partition coefficient (Wildman–Crippen LogP) is 1.75. The van der Waals surface area contributed by atoms with E-state index in [-0.39, 0.29) is 17.5 Å². The monoisotopic (exact) mass is 226 g/mol. The molecule has 0 aliphatic carbocycles. The lowest BCUT2D eigenvalue weighted by molar-refractivity contribution is -0.384. The molecule has 0 heterocycles. The Morgan fingerprint density at radius 1 is 1.62 bits per heavy atom. The third kappa shape index (κ3) is 3.09. The molecule has 1 unspecified atom stereocenters. The number of phenolic OH excluding ortho intramolecular Hbond substituents is 1. The maximum atomic E-state index is 10.7. The number of anilines is 1. The summed E-state index contributed by atoms with van der Waals surface area (Å²) in [5, 5.41) is 22.8. The Labute approximate surface area is 93.0 Å². The number of ether oxygens (including phenoxy) is 1. The Hall–Kier alpha value is -1.82. The number of benzene rings is 1. The van der Waals surface area contributed by atoms with Gasteiger partial charge in [0.2, 0.25) is 0 Å². The normalized spacial score (nSPS) is 12.1. The highest BCUT2D eigenvalue weighted by molar-refractivity contribution is 5.64. The minimum absolute atomic E-state index is 0.0479. The molecule has 0 saturated heterocycles. The van der Waals surface area contributed by atoms with Gasteiger partial charge in [0.25, 0.3) is 5.69 Å². The molecular formula is C10H14N2O4. The van der Waals surface area contributed by atoms with Crippen LogP contribution in [-0.2, 0) is 4.74 Å². The van der Waals surface area contributed by atoms with E-state index in [4.69, 9.17) is 9.84 Å². The molecule has 0 bridgehead atoms. The quantitative estimate of drug-likeness (QED) is 0.454. The molecule has 1 rings (SSSR count). The van der Waals surface area contributed by atoms with Crippen molar-refractivity contribution in [2.24, 2.45) is 0 Å². The Morgan fingerprint density at radius 3 is 2.88 bits per heavy atom. The van der Waals surface area contributed by atoms with E-state index in [0.717, 1.165) is 6.07 Å². The maximum absolute atomic E-state index is 10.7. The molecule has 0 aromatic heterocycles. The van der Waals surface area contributed by atoms with Crippen LogP contribution in [0.5, 0.6) is 5.75 Å². The van der Waals surface area contributed by atoms with E-state index in [1.165, 1.54) is 12.1 Å². The summed E-state index contributed by atoms with van der Waals surface area (Å²) in [7, 11) is 1.56. The molecule has 6 heteroatoms. The number of methoxy groups -OCH3 is 1. The zero-order valence-corrected chi connectivity index (χ0v) is 9.14. The molecule has 1 aromatic rings. The van der Waals surface area contributed by atoms with Crippen LogP contribution in [0.15, 0.2) is 18.2 Å². The molecule has 1 atom stereocenters. The fourth-order valence-corrected chi connectivity index (χ4v) is 1.35. The highest BCUT2D eigenvalue weighted by Gasteiger charge is 2.15. The first-order chi connectivity index (χ1) is 7.54. The zero-order chi connectivity index (χ0) is 12.1. The van der Waals surface area contributed by atoms with Gasteiger partial charge in [-0.05, 0) is 19.1 Å². The molecule has 0 spiro atoms. The minimum atomic E-state index is -0.540. The largest absolute Gasteiger partial charge is 0.508 e. The van der Waals surface area contributed by atoms with E-state index in [2.05, 4.69) is 5.32 Å². The van der Waals surface area contributed by atoms with Crippen LogP contribution in [-0.4, -0.2) is 29.8 Å². The number of hydrogen-bond acceptors (Lipinski definition) is 5. The molecule has 0 fully saturated rings. The molecule has 2 N–H and O–H groups in total. The van der Waals surface area contributed by atoms with Gasteiger partial charge in [0.15, 0.2) is 0 Å². The second-order valence-electron chi connectivity index (χ2n) is 3.46. The van der Waals surface area contributed by atoms with E-state index in [9.17, 15) is 10.1 Å². The first-order valence-electron chi connectivity index (χ1n) is 4.77. The minimum Gasteiger partial charge on any atom is -0.508 e. The van der Waals surface area contributed by atoms with Crippen LogP contribution in [0.1, 0.15) is 6.92 Å². The highest BCUT2D eigenvalue weighted by atomic mass is 16.6. The smallest absolute Gasteiger partial charge is 0.296 e. The lowest BCUT2D eigenvalue weighted by Crippen LogP contribution is -2.21. The SMILES string of the molecule is COCC(C)Nc1ccc(O)cc1[N+](=O)[O-]. The summed E-state index contributed by atoms with van der Waals surface area (Å²) in [5.41, 5.74) is 0.218. The van der Waals surface area contributed by atoms with Crippen molar-refractivity contribution >= 4 is 11.4 Å². The van der Waals surface area contributed by atoms with Gasteiger partial charge in [-0.25, -0.2) is 0 Å². The van der Waals surface area contributed by atoms with E-state index < -0.39 is 4.92 Å².